The smallest absolute Gasteiger partial charge is 0.131 e. The second-order valence-electron chi connectivity index (χ2n) is 9.98. The molecule has 1 aliphatic heterocycles. The Bertz CT molecular complexity index is 1100. The predicted octanol–water partition coefficient (Wildman–Crippen LogP) is 7.71. The van der Waals surface area contributed by atoms with Crippen molar-refractivity contribution >= 4 is 5.71 Å². The Kier molecular flexibility index (Phi) is 11.3. The van der Waals surface area contributed by atoms with Gasteiger partial charge in [-0.05, 0) is 56.3 Å². The molecule has 1 heterocycles. The highest BCUT2D eigenvalue weighted by atomic mass is 15.2. The summed E-state index contributed by atoms with van der Waals surface area (Å²) in [6.45, 7) is 32.0. The van der Waals surface area contributed by atoms with Gasteiger partial charge in [0.2, 0.25) is 0 Å². The molecule has 0 aromatic carbocycles. The highest BCUT2D eigenvalue weighted by Crippen LogP contribution is 2.31. The lowest BCUT2D eigenvalue weighted by Gasteiger charge is -2.30. The van der Waals surface area contributed by atoms with Gasteiger partial charge in [-0.2, -0.15) is 5.26 Å². The van der Waals surface area contributed by atoms with Crippen molar-refractivity contribution in [3.63, 3.8) is 0 Å². The summed E-state index contributed by atoms with van der Waals surface area (Å²) < 4.78 is 0. The Balaban J connectivity index is 2.81. The van der Waals surface area contributed by atoms with Crippen molar-refractivity contribution in [2.75, 3.05) is 6.54 Å². The molecule has 35 heavy (non-hydrogen) atoms. The summed E-state index contributed by atoms with van der Waals surface area (Å²) in [6, 6.07) is 2.18. The molecule has 0 bridgehead atoms. The van der Waals surface area contributed by atoms with Crippen molar-refractivity contribution in [1.29, 1.82) is 5.26 Å². The number of rotatable bonds is 10. The zero-order chi connectivity index (χ0) is 26.8. The molecular formula is C31H42N4. The van der Waals surface area contributed by atoms with Crippen molar-refractivity contribution in [3.8, 4) is 17.9 Å². The number of nitrogens with zero attached hydrogens (tertiary/aromatic N) is 3. The van der Waals surface area contributed by atoms with E-state index in [2.05, 4.69) is 89.2 Å². The van der Waals surface area contributed by atoms with E-state index in [1.807, 2.05) is 19.9 Å². The van der Waals surface area contributed by atoms with E-state index in [0.29, 0.717) is 35.9 Å². The third-order valence-electron chi connectivity index (χ3n) is 5.59. The third kappa shape index (κ3) is 8.99. The number of hydrogen-bond donors (Lipinski definition) is 1. The second kappa shape index (κ2) is 13.4. The first-order chi connectivity index (χ1) is 16.4. The van der Waals surface area contributed by atoms with Gasteiger partial charge in [-0.3, -0.25) is 4.90 Å². The molecule has 0 aromatic heterocycles. The van der Waals surface area contributed by atoms with Gasteiger partial charge in [0.15, 0.2) is 0 Å². The van der Waals surface area contributed by atoms with Crippen LogP contribution in [-0.4, -0.2) is 17.2 Å². The van der Waals surface area contributed by atoms with Crippen molar-refractivity contribution in [2.24, 2.45) is 10.4 Å². The second-order valence-corrected chi connectivity index (χ2v) is 9.98. The number of aliphatic imine (C=N–C) groups is 1. The van der Waals surface area contributed by atoms with Gasteiger partial charge in [0.1, 0.15) is 17.6 Å². The lowest BCUT2D eigenvalue weighted by atomic mass is 9.83. The SMILES string of the molecule is C=C(C)C1=CC(C(=C)NCCC#CC/C(C(=C)CC(C)(C)C)=C(/C)CC)=NC(=C)N1/C(C#N)=C\C. The van der Waals surface area contributed by atoms with Crippen LogP contribution in [0.3, 0.4) is 0 Å². The van der Waals surface area contributed by atoms with E-state index in [9.17, 15) is 5.26 Å². The van der Waals surface area contributed by atoms with Crippen LogP contribution in [0.5, 0.6) is 0 Å². The molecule has 0 saturated heterocycles. The first-order valence-electron chi connectivity index (χ1n) is 12.1. The van der Waals surface area contributed by atoms with E-state index in [0.717, 1.165) is 30.5 Å². The van der Waals surface area contributed by atoms with Crippen LogP contribution >= 0.6 is 0 Å². The van der Waals surface area contributed by atoms with Crippen LogP contribution < -0.4 is 5.32 Å². The van der Waals surface area contributed by atoms with Crippen molar-refractivity contribution in [2.45, 2.75) is 74.1 Å². The maximum absolute atomic E-state index is 9.46. The summed E-state index contributed by atoms with van der Waals surface area (Å²) >= 11 is 0. The summed E-state index contributed by atoms with van der Waals surface area (Å²) in [6.07, 6.45) is 7.01. The monoisotopic (exact) mass is 470 g/mol. The topological polar surface area (TPSA) is 51.4 Å². The minimum absolute atomic E-state index is 0.208. The van der Waals surface area contributed by atoms with E-state index in [1.165, 1.54) is 16.7 Å². The minimum Gasteiger partial charge on any atom is -0.383 e. The van der Waals surface area contributed by atoms with Crippen LogP contribution in [0.25, 0.3) is 0 Å². The Morgan fingerprint density at radius 3 is 2.37 bits per heavy atom. The molecule has 0 radical (unpaired) electrons. The van der Waals surface area contributed by atoms with Crippen LogP contribution in [0, 0.1) is 28.6 Å². The van der Waals surface area contributed by atoms with Crippen molar-refractivity contribution in [1.82, 2.24) is 10.2 Å². The Labute approximate surface area is 213 Å². The molecule has 186 valence electrons. The molecule has 1 rings (SSSR count). The highest BCUT2D eigenvalue weighted by Gasteiger charge is 2.23. The van der Waals surface area contributed by atoms with E-state index in [4.69, 9.17) is 0 Å². The van der Waals surface area contributed by atoms with Crippen LogP contribution in [0.4, 0.5) is 0 Å². The van der Waals surface area contributed by atoms with E-state index >= 15 is 0 Å². The quantitative estimate of drug-likeness (QED) is 0.154. The highest BCUT2D eigenvalue weighted by molar-refractivity contribution is 6.09. The van der Waals surface area contributed by atoms with Gasteiger partial charge < -0.3 is 5.32 Å². The molecule has 1 aliphatic rings. The molecule has 0 amide bonds. The van der Waals surface area contributed by atoms with Gasteiger partial charge in [0, 0.05) is 19.4 Å². The average Bonchev–Trinajstić information content (AvgIpc) is 2.77. The molecule has 0 atom stereocenters. The fourth-order valence-electron chi connectivity index (χ4n) is 3.68. The largest absolute Gasteiger partial charge is 0.383 e. The van der Waals surface area contributed by atoms with Crippen molar-refractivity contribution < 1.29 is 0 Å². The lowest BCUT2D eigenvalue weighted by molar-refractivity contribution is 0.411. The molecule has 0 aliphatic carbocycles. The molecule has 0 spiro atoms. The summed E-state index contributed by atoms with van der Waals surface area (Å²) in [5.74, 6) is 7.06. The maximum Gasteiger partial charge on any atom is 0.131 e. The average molecular weight is 471 g/mol. The number of allylic oxidation sites excluding steroid dienone is 7. The lowest BCUT2D eigenvalue weighted by Crippen LogP contribution is -2.28. The molecule has 0 unspecified atom stereocenters. The van der Waals surface area contributed by atoms with Crippen LogP contribution in [-0.2, 0) is 0 Å². The van der Waals surface area contributed by atoms with Gasteiger partial charge in [-0.1, -0.05) is 77.2 Å². The summed E-state index contributed by atoms with van der Waals surface area (Å²) in [4.78, 5) is 6.26. The van der Waals surface area contributed by atoms with Gasteiger partial charge >= 0.3 is 0 Å². The summed E-state index contributed by atoms with van der Waals surface area (Å²) in [7, 11) is 0. The Morgan fingerprint density at radius 2 is 1.86 bits per heavy atom. The fourth-order valence-corrected chi connectivity index (χ4v) is 3.68. The van der Waals surface area contributed by atoms with Crippen LogP contribution in [0.1, 0.15) is 74.1 Å². The Hall–Kier alpha value is -3.50. The van der Waals surface area contributed by atoms with Crippen LogP contribution in [0.2, 0.25) is 0 Å². The van der Waals surface area contributed by atoms with Crippen LogP contribution in [0.15, 0.2) is 88.7 Å². The molecular weight excluding hydrogens is 428 g/mol. The Morgan fingerprint density at radius 1 is 1.20 bits per heavy atom. The van der Waals surface area contributed by atoms with E-state index < -0.39 is 0 Å². The molecule has 1 N–H and O–H groups in total. The zero-order valence-electron chi connectivity index (χ0n) is 22.9. The first kappa shape index (κ1) is 29.5. The number of hydrogen-bond acceptors (Lipinski definition) is 4. The fraction of sp³-hybridized carbons (Fsp3) is 0.419. The van der Waals surface area contributed by atoms with Gasteiger partial charge in [-0.25, -0.2) is 4.99 Å². The molecule has 0 saturated carbocycles. The summed E-state index contributed by atoms with van der Waals surface area (Å²) in [5, 5.41) is 12.8. The predicted molar refractivity (Wildman–Crippen MR) is 151 cm³/mol. The maximum atomic E-state index is 9.46. The zero-order valence-corrected chi connectivity index (χ0v) is 22.9. The summed E-state index contributed by atoms with van der Waals surface area (Å²) in [5.41, 5.74) is 7.46. The van der Waals surface area contributed by atoms with Gasteiger partial charge in [0.05, 0.1) is 17.1 Å². The molecule has 0 aromatic rings. The van der Waals surface area contributed by atoms with Gasteiger partial charge in [-0.15, -0.1) is 5.92 Å². The number of nitriles is 1. The van der Waals surface area contributed by atoms with E-state index in [-0.39, 0.29) is 5.41 Å². The molecule has 0 fully saturated rings. The standard InChI is InChI=1S/C31H42N4/c1-12-23(5)28(24(6)20-31(9,10)11)17-15-14-16-18-33-25(7)29-19-30(22(3)4)35(26(8)34-29)27(13-2)21-32/h13,19,33H,3,6-8,12,16-18,20H2,1-2,4-5,9-11H3/b27-13-,28-23+. The van der Waals surface area contributed by atoms with E-state index in [1.54, 1.807) is 11.0 Å². The molecule has 4 nitrogen and oxygen atoms in total. The van der Waals surface area contributed by atoms with Gasteiger partial charge in [0.25, 0.3) is 0 Å². The molecule has 4 heteroatoms. The third-order valence-corrected chi connectivity index (χ3v) is 5.59. The van der Waals surface area contributed by atoms with Crippen molar-refractivity contribution in [3.05, 3.63) is 83.7 Å². The normalized spacial score (nSPS) is 14.6. The minimum atomic E-state index is 0.208. The number of nitrogens with one attached hydrogen (secondary N) is 1. The first-order valence-corrected chi connectivity index (χ1v) is 12.1.